The van der Waals surface area contributed by atoms with E-state index in [1.807, 2.05) is 49.4 Å². The highest BCUT2D eigenvalue weighted by molar-refractivity contribution is 9.10. The van der Waals surface area contributed by atoms with Crippen LogP contribution in [-0.2, 0) is 11.4 Å². The summed E-state index contributed by atoms with van der Waals surface area (Å²) in [5.74, 6) is 1.26. The van der Waals surface area contributed by atoms with Crippen molar-refractivity contribution >= 4 is 62.2 Å². The number of hydrogen-bond acceptors (Lipinski definition) is 5. The number of nitrogens with zero attached hydrogens (tertiary/aromatic N) is 1. The van der Waals surface area contributed by atoms with Crippen LogP contribution in [0.1, 0.15) is 18.1 Å². The lowest BCUT2D eigenvalue weighted by molar-refractivity contribution is -0.118. The molecular formula is C28H24BrClN2O3S. The standard InChI is InChI=1S/C28H24BrClN2O3S/c1-2-34-26-14-21(16-31-32-28(33)18-36-23-12-10-22(30)11-13-23)25(29)15-27(26)35-17-20-8-5-7-19-6-3-4-9-24(19)20/h3-16H,2,17-18H2,1H3,(H,32,33)/b31-16-. The average Bonchev–Trinajstić information content (AvgIpc) is 2.89. The van der Waals surface area contributed by atoms with Crippen molar-refractivity contribution in [1.29, 1.82) is 0 Å². The summed E-state index contributed by atoms with van der Waals surface area (Å²) in [6, 6.07) is 25.4. The molecule has 0 fully saturated rings. The summed E-state index contributed by atoms with van der Waals surface area (Å²) in [7, 11) is 0. The maximum Gasteiger partial charge on any atom is 0.250 e. The van der Waals surface area contributed by atoms with Crippen molar-refractivity contribution in [2.45, 2.75) is 18.4 Å². The molecule has 0 atom stereocenters. The summed E-state index contributed by atoms with van der Waals surface area (Å²) < 4.78 is 12.8. The lowest BCUT2D eigenvalue weighted by atomic mass is 10.1. The van der Waals surface area contributed by atoms with Gasteiger partial charge in [0.1, 0.15) is 6.61 Å². The number of amides is 1. The molecule has 5 nitrogen and oxygen atoms in total. The Hall–Kier alpha value is -3.00. The molecule has 0 unspecified atom stereocenters. The molecule has 0 saturated carbocycles. The van der Waals surface area contributed by atoms with Crippen LogP contribution in [0.4, 0.5) is 0 Å². The van der Waals surface area contributed by atoms with Gasteiger partial charge < -0.3 is 9.47 Å². The second kappa shape index (κ2) is 12.8. The monoisotopic (exact) mass is 582 g/mol. The van der Waals surface area contributed by atoms with E-state index in [0.717, 1.165) is 25.9 Å². The molecule has 4 aromatic rings. The molecule has 8 heteroatoms. The number of carbonyl (C=O) groups excluding carboxylic acids is 1. The molecule has 1 amide bonds. The molecule has 0 aliphatic carbocycles. The summed E-state index contributed by atoms with van der Waals surface area (Å²) in [6.45, 7) is 2.81. The van der Waals surface area contributed by atoms with Crippen LogP contribution in [0.5, 0.6) is 11.5 Å². The van der Waals surface area contributed by atoms with E-state index in [4.69, 9.17) is 21.1 Å². The van der Waals surface area contributed by atoms with E-state index < -0.39 is 0 Å². The van der Waals surface area contributed by atoms with Gasteiger partial charge in [-0.2, -0.15) is 5.10 Å². The number of hydrogen-bond donors (Lipinski definition) is 1. The second-order valence-corrected chi connectivity index (χ2v) is 10.1. The van der Waals surface area contributed by atoms with Crippen LogP contribution >= 0.6 is 39.3 Å². The van der Waals surface area contributed by atoms with Crippen LogP contribution in [0, 0.1) is 0 Å². The summed E-state index contributed by atoms with van der Waals surface area (Å²) in [4.78, 5) is 13.1. The summed E-state index contributed by atoms with van der Waals surface area (Å²) in [6.07, 6.45) is 1.58. The summed E-state index contributed by atoms with van der Waals surface area (Å²) in [5, 5.41) is 7.09. The Morgan fingerprint density at radius 3 is 2.58 bits per heavy atom. The van der Waals surface area contributed by atoms with Gasteiger partial charge in [-0.15, -0.1) is 11.8 Å². The van der Waals surface area contributed by atoms with Gasteiger partial charge in [-0.05, 0) is 75.6 Å². The van der Waals surface area contributed by atoms with Crippen molar-refractivity contribution in [3.8, 4) is 11.5 Å². The Kier molecular flexibility index (Phi) is 9.28. The highest BCUT2D eigenvalue weighted by atomic mass is 79.9. The van der Waals surface area contributed by atoms with E-state index >= 15 is 0 Å². The minimum Gasteiger partial charge on any atom is -0.490 e. The number of carbonyl (C=O) groups is 1. The number of benzene rings is 4. The van der Waals surface area contributed by atoms with Crippen LogP contribution in [0.2, 0.25) is 5.02 Å². The van der Waals surface area contributed by atoms with Crippen molar-refractivity contribution in [1.82, 2.24) is 5.43 Å². The molecule has 0 bridgehead atoms. The quantitative estimate of drug-likeness (QED) is 0.119. The molecule has 0 saturated heterocycles. The van der Waals surface area contributed by atoms with Gasteiger partial charge in [0.2, 0.25) is 5.91 Å². The fourth-order valence-corrected chi connectivity index (χ4v) is 4.73. The summed E-state index contributed by atoms with van der Waals surface area (Å²) in [5.41, 5.74) is 4.41. The first kappa shape index (κ1) is 26.1. The fourth-order valence-electron chi connectivity index (χ4n) is 3.49. The van der Waals surface area contributed by atoms with Crippen LogP contribution in [0.15, 0.2) is 93.3 Å². The Labute approximate surface area is 228 Å². The van der Waals surface area contributed by atoms with E-state index in [9.17, 15) is 4.79 Å². The number of ether oxygens (including phenoxy) is 2. The molecular weight excluding hydrogens is 560 g/mol. The molecule has 0 aliphatic heterocycles. The van der Waals surface area contributed by atoms with Gasteiger partial charge in [-0.1, -0.05) is 54.1 Å². The Morgan fingerprint density at radius 1 is 1.03 bits per heavy atom. The zero-order valence-electron chi connectivity index (χ0n) is 19.5. The largest absolute Gasteiger partial charge is 0.490 e. The number of halogens is 2. The third-order valence-corrected chi connectivity index (χ3v) is 7.15. The van der Waals surface area contributed by atoms with E-state index in [1.54, 1.807) is 18.3 Å². The minimum atomic E-state index is -0.206. The topological polar surface area (TPSA) is 59.9 Å². The maximum atomic E-state index is 12.2. The van der Waals surface area contributed by atoms with Crippen molar-refractivity contribution in [3.63, 3.8) is 0 Å². The third-order valence-electron chi connectivity index (χ3n) is 5.20. The predicted octanol–water partition coefficient (Wildman–Crippen LogP) is 7.48. The maximum absolute atomic E-state index is 12.2. The number of hydrazone groups is 1. The molecule has 0 heterocycles. The van der Waals surface area contributed by atoms with E-state index in [1.165, 1.54) is 17.1 Å². The molecule has 0 aliphatic rings. The molecule has 36 heavy (non-hydrogen) atoms. The molecule has 4 rings (SSSR count). The first-order chi connectivity index (χ1) is 17.5. The molecule has 0 radical (unpaired) electrons. The SMILES string of the molecule is CCOc1cc(/C=N\NC(=O)CSc2ccc(Cl)cc2)c(Br)cc1OCc1cccc2ccccc12. The minimum absolute atomic E-state index is 0.206. The van der Waals surface area contributed by atoms with Gasteiger partial charge in [0.25, 0.3) is 0 Å². The Morgan fingerprint density at radius 2 is 1.78 bits per heavy atom. The molecule has 1 N–H and O–H groups in total. The Balaban J connectivity index is 1.40. The zero-order chi connectivity index (χ0) is 25.3. The third kappa shape index (κ3) is 7.03. The second-order valence-electron chi connectivity index (χ2n) is 7.72. The summed E-state index contributed by atoms with van der Waals surface area (Å²) >= 11 is 10.9. The van der Waals surface area contributed by atoms with Gasteiger partial charge in [-0.25, -0.2) is 5.43 Å². The van der Waals surface area contributed by atoms with E-state index in [0.29, 0.717) is 29.7 Å². The lowest BCUT2D eigenvalue weighted by Gasteiger charge is -2.15. The van der Waals surface area contributed by atoms with Crippen LogP contribution < -0.4 is 14.9 Å². The molecule has 4 aromatic carbocycles. The van der Waals surface area contributed by atoms with Crippen molar-refractivity contribution in [3.05, 3.63) is 99.5 Å². The van der Waals surface area contributed by atoms with Crippen molar-refractivity contribution < 1.29 is 14.3 Å². The average molecular weight is 584 g/mol. The first-order valence-electron chi connectivity index (χ1n) is 11.3. The van der Waals surface area contributed by atoms with E-state index in [2.05, 4.69) is 50.7 Å². The number of nitrogens with one attached hydrogen (secondary N) is 1. The van der Waals surface area contributed by atoms with Crippen LogP contribution in [0.25, 0.3) is 10.8 Å². The van der Waals surface area contributed by atoms with Gasteiger partial charge in [-0.3, -0.25) is 4.79 Å². The van der Waals surface area contributed by atoms with Gasteiger partial charge >= 0.3 is 0 Å². The lowest BCUT2D eigenvalue weighted by Crippen LogP contribution is -2.19. The van der Waals surface area contributed by atoms with E-state index in [-0.39, 0.29) is 11.7 Å². The molecule has 0 aromatic heterocycles. The smallest absolute Gasteiger partial charge is 0.250 e. The van der Waals surface area contributed by atoms with Gasteiger partial charge in [0, 0.05) is 20.0 Å². The van der Waals surface area contributed by atoms with Crippen molar-refractivity contribution in [2.24, 2.45) is 5.10 Å². The first-order valence-corrected chi connectivity index (χ1v) is 13.4. The highest BCUT2D eigenvalue weighted by Gasteiger charge is 2.12. The van der Waals surface area contributed by atoms with Crippen molar-refractivity contribution in [2.75, 3.05) is 12.4 Å². The molecule has 184 valence electrons. The van der Waals surface area contributed by atoms with Gasteiger partial charge in [0.15, 0.2) is 11.5 Å². The van der Waals surface area contributed by atoms with Gasteiger partial charge in [0.05, 0.1) is 18.6 Å². The predicted molar refractivity (Wildman–Crippen MR) is 152 cm³/mol. The normalized spacial score (nSPS) is 11.1. The fraction of sp³-hybridized carbons (Fsp3) is 0.143. The number of rotatable bonds is 10. The number of fused-ring (bicyclic) bond motifs is 1. The highest BCUT2D eigenvalue weighted by Crippen LogP contribution is 2.34. The van der Waals surface area contributed by atoms with Crippen LogP contribution in [0.3, 0.4) is 0 Å². The zero-order valence-corrected chi connectivity index (χ0v) is 22.7. The number of thioether (sulfide) groups is 1. The van der Waals surface area contributed by atoms with Crippen LogP contribution in [-0.4, -0.2) is 24.5 Å². The Bertz CT molecular complexity index is 1370. The molecule has 0 spiro atoms.